The monoisotopic (exact) mass is 314 g/mol. The molecule has 5 nitrogen and oxygen atoms in total. The Balaban J connectivity index is 2.34. The van der Waals surface area contributed by atoms with Crippen molar-refractivity contribution >= 4 is 38.6 Å². The van der Waals surface area contributed by atoms with Crippen LogP contribution in [0.1, 0.15) is 4.88 Å². The van der Waals surface area contributed by atoms with Gasteiger partial charge in [0, 0.05) is 11.1 Å². The van der Waals surface area contributed by atoms with E-state index in [1.165, 1.54) is 30.3 Å². The molecular weight excluding hydrogens is 308 g/mol. The molecule has 2 N–H and O–H groups in total. The van der Waals surface area contributed by atoms with Gasteiger partial charge in [-0.05, 0) is 24.3 Å². The zero-order valence-corrected chi connectivity index (χ0v) is 11.7. The number of anilines is 1. The second kappa shape index (κ2) is 5.09. The van der Waals surface area contributed by atoms with Crippen LogP contribution < -0.4 is 4.72 Å². The van der Waals surface area contributed by atoms with Gasteiger partial charge in [-0.3, -0.25) is 4.72 Å². The minimum atomic E-state index is -3.82. The fraction of sp³-hybridized carbons (Fsp3) is 0. The predicted octanol–water partition coefficient (Wildman–Crippen LogP) is 2.78. The summed E-state index contributed by atoms with van der Waals surface area (Å²) in [6, 6.07) is 8.65. The van der Waals surface area contributed by atoms with Gasteiger partial charge in [-0.15, -0.1) is 11.3 Å². The molecule has 0 bridgehead atoms. The molecule has 0 unspecified atom stereocenters. The van der Waals surface area contributed by atoms with Crippen LogP contribution in [-0.4, -0.2) is 13.5 Å². The van der Waals surface area contributed by atoms with Crippen molar-refractivity contribution in [2.75, 3.05) is 4.72 Å². The maximum absolute atomic E-state index is 12.0. The van der Waals surface area contributed by atoms with Crippen molar-refractivity contribution in [3.05, 3.63) is 40.2 Å². The van der Waals surface area contributed by atoms with E-state index in [0.717, 1.165) is 11.3 Å². The second-order valence-electron chi connectivity index (χ2n) is 3.50. The van der Waals surface area contributed by atoms with Gasteiger partial charge in [0.2, 0.25) is 0 Å². The number of hydrogen-bond acceptors (Lipinski definition) is 5. The summed E-state index contributed by atoms with van der Waals surface area (Å²) in [6.07, 6.45) is 0. The Morgan fingerprint density at radius 2 is 2.05 bits per heavy atom. The highest BCUT2D eigenvalue weighted by Crippen LogP contribution is 2.30. The Bertz CT molecular complexity index is 762. The summed E-state index contributed by atoms with van der Waals surface area (Å²) in [5.41, 5.74) is 0.0244. The quantitative estimate of drug-likeness (QED) is 0.852. The van der Waals surface area contributed by atoms with E-state index in [1.807, 2.05) is 6.07 Å². The number of thiophene rings is 1. The number of halogens is 1. The lowest BCUT2D eigenvalue weighted by Crippen LogP contribution is -2.11. The number of nitrogens with zero attached hydrogens (tertiary/aromatic N) is 1. The van der Waals surface area contributed by atoms with Crippen LogP contribution in [0.4, 0.5) is 5.69 Å². The molecule has 0 spiro atoms. The van der Waals surface area contributed by atoms with Crippen LogP contribution in [-0.2, 0) is 10.0 Å². The number of aromatic hydroxyl groups is 1. The molecule has 1 aromatic heterocycles. The zero-order valence-electron chi connectivity index (χ0n) is 9.29. The van der Waals surface area contributed by atoms with Crippen LogP contribution in [0.2, 0.25) is 5.02 Å². The number of phenolic OH excluding ortho intramolecular Hbond substituents is 1. The summed E-state index contributed by atoms with van der Waals surface area (Å²) < 4.78 is 26.3. The Labute approximate surface area is 118 Å². The van der Waals surface area contributed by atoms with E-state index in [1.54, 1.807) is 0 Å². The molecule has 0 saturated heterocycles. The molecule has 0 amide bonds. The van der Waals surface area contributed by atoms with Crippen molar-refractivity contribution in [3.8, 4) is 11.8 Å². The van der Waals surface area contributed by atoms with E-state index >= 15 is 0 Å². The van der Waals surface area contributed by atoms with Crippen molar-refractivity contribution < 1.29 is 13.5 Å². The van der Waals surface area contributed by atoms with Crippen LogP contribution >= 0.6 is 22.9 Å². The first-order chi connectivity index (χ1) is 8.92. The Hall–Kier alpha value is -1.75. The molecule has 0 radical (unpaired) electrons. The summed E-state index contributed by atoms with van der Waals surface area (Å²) in [5.74, 6) is -0.270. The first-order valence-corrected chi connectivity index (χ1v) is 7.61. The summed E-state index contributed by atoms with van der Waals surface area (Å²) in [7, 11) is -3.82. The summed E-state index contributed by atoms with van der Waals surface area (Å²) in [6.45, 7) is 0. The molecule has 0 aliphatic carbocycles. The molecule has 8 heteroatoms. The number of phenols is 1. The van der Waals surface area contributed by atoms with Crippen LogP contribution in [0.25, 0.3) is 0 Å². The number of hydrogen-bond donors (Lipinski definition) is 2. The summed E-state index contributed by atoms with van der Waals surface area (Å²) >= 11 is 6.50. The van der Waals surface area contributed by atoms with Gasteiger partial charge >= 0.3 is 0 Å². The maximum Gasteiger partial charge on any atom is 0.271 e. The van der Waals surface area contributed by atoms with E-state index in [-0.39, 0.29) is 15.6 Å². The van der Waals surface area contributed by atoms with Gasteiger partial charge < -0.3 is 5.11 Å². The maximum atomic E-state index is 12.0. The van der Waals surface area contributed by atoms with Crippen molar-refractivity contribution in [2.45, 2.75) is 4.21 Å². The van der Waals surface area contributed by atoms with Crippen LogP contribution in [0.15, 0.2) is 34.5 Å². The van der Waals surface area contributed by atoms with Crippen molar-refractivity contribution in [1.29, 1.82) is 5.26 Å². The minimum Gasteiger partial charge on any atom is -0.506 e. The van der Waals surface area contributed by atoms with Crippen molar-refractivity contribution in [1.82, 2.24) is 0 Å². The zero-order chi connectivity index (χ0) is 14.0. The topological polar surface area (TPSA) is 90.2 Å². The fourth-order valence-corrected chi connectivity index (χ4v) is 3.65. The Morgan fingerprint density at radius 3 is 2.63 bits per heavy atom. The average molecular weight is 315 g/mol. The van der Waals surface area contributed by atoms with E-state index in [9.17, 15) is 13.5 Å². The number of nitrogens with one attached hydrogen (secondary N) is 1. The number of benzene rings is 1. The van der Waals surface area contributed by atoms with Crippen molar-refractivity contribution in [2.24, 2.45) is 0 Å². The summed E-state index contributed by atoms with van der Waals surface area (Å²) in [4.78, 5) is 0.292. The SMILES string of the molecule is N#Cc1ccc(S(=O)(=O)Nc2ccc(Cl)cc2O)s1. The molecule has 98 valence electrons. The number of nitriles is 1. The smallest absolute Gasteiger partial charge is 0.271 e. The number of sulfonamides is 1. The Kier molecular flexibility index (Phi) is 3.66. The first-order valence-electron chi connectivity index (χ1n) is 4.93. The highest BCUT2D eigenvalue weighted by atomic mass is 35.5. The minimum absolute atomic E-state index is 0.00148. The van der Waals surface area contributed by atoms with E-state index in [0.29, 0.717) is 9.90 Å². The van der Waals surface area contributed by atoms with Crippen LogP contribution in [0.5, 0.6) is 5.75 Å². The molecule has 2 aromatic rings. The van der Waals surface area contributed by atoms with Gasteiger partial charge in [-0.25, -0.2) is 8.42 Å². The van der Waals surface area contributed by atoms with Crippen molar-refractivity contribution in [3.63, 3.8) is 0 Å². The van der Waals surface area contributed by atoms with E-state index in [2.05, 4.69) is 4.72 Å². The average Bonchev–Trinajstić information content (AvgIpc) is 2.82. The first kappa shape index (κ1) is 13.7. The highest BCUT2D eigenvalue weighted by molar-refractivity contribution is 7.94. The van der Waals surface area contributed by atoms with Gasteiger partial charge in [0.05, 0.1) is 5.69 Å². The third kappa shape index (κ3) is 2.98. The van der Waals surface area contributed by atoms with Gasteiger partial charge in [0.15, 0.2) is 0 Å². The van der Waals surface area contributed by atoms with Gasteiger partial charge in [0.25, 0.3) is 10.0 Å². The third-order valence-corrected chi connectivity index (χ3v) is 5.24. The van der Waals surface area contributed by atoms with Gasteiger partial charge in [0.1, 0.15) is 20.9 Å². The molecule has 19 heavy (non-hydrogen) atoms. The van der Waals surface area contributed by atoms with Crippen LogP contribution in [0, 0.1) is 11.3 Å². The molecule has 0 atom stereocenters. The van der Waals surface area contributed by atoms with Gasteiger partial charge in [-0.2, -0.15) is 5.26 Å². The lowest BCUT2D eigenvalue weighted by atomic mass is 10.3. The third-order valence-electron chi connectivity index (χ3n) is 2.16. The molecule has 0 saturated carbocycles. The molecule has 0 aliphatic rings. The molecule has 0 fully saturated rings. The lowest BCUT2D eigenvalue weighted by molar-refractivity contribution is 0.477. The molecule has 2 rings (SSSR count). The molecule has 0 aliphatic heterocycles. The lowest BCUT2D eigenvalue weighted by Gasteiger charge is -2.08. The predicted molar refractivity (Wildman–Crippen MR) is 73.0 cm³/mol. The largest absolute Gasteiger partial charge is 0.506 e. The van der Waals surface area contributed by atoms with E-state index in [4.69, 9.17) is 16.9 Å². The van der Waals surface area contributed by atoms with E-state index < -0.39 is 10.0 Å². The summed E-state index contributed by atoms with van der Waals surface area (Å²) in [5, 5.41) is 18.6. The molecular formula is C11H7ClN2O3S2. The highest BCUT2D eigenvalue weighted by Gasteiger charge is 2.18. The van der Waals surface area contributed by atoms with Gasteiger partial charge in [-0.1, -0.05) is 11.6 Å². The van der Waals surface area contributed by atoms with Crippen LogP contribution in [0.3, 0.4) is 0 Å². The molecule has 1 heterocycles. The Morgan fingerprint density at radius 1 is 1.32 bits per heavy atom. The fourth-order valence-electron chi connectivity index (χ4n) is 1.31. The normalized spacial score (nSPS) is 10.9. The second-order valence-corrected chi connectivity index (χ2v) is 6.93. The molecule has 1 aromatic carbocycles. The standard InChI is InChI=1S/C11H7ClN2O3S2/c12-7-1-3-9(10(15)5-7)14-19(16,17)11-4-2-8(6-13)18-11/h1-5,14-15H. The number of rotatable bonds is 3.